The van der Waals surface area contributed by atoms with Gasteiger partial charge in [0.1, 0.15) is 5.75 Å². The molecule has 3 nitrogen and oxygen atoms in total. The van der Waals surface area contributed by atoms with Crippen LogP contribution in [0.25, 0.3) is 0 Å². The molecule has 0 amide bonds. The van der Waals surface area contributed by atoms with E-state index in [1.54, 1.807) is 0 Å². The molecular formula is C20H30O3. The van der Waals surface area contributed by atoms with Gasteiger partial charge in [-0.15, -0.1) is 0 Å². The second kappa shape index (κ2) is 6.54. The molecule has 0 radical (unpaired) electrons. The molecule has 128 valence electrons. The molecule has 2 N–H and O–H groups in total. The summed E-state index contributed by atoms with van der Waals surface area (Å²) in [4.78, 5) is 11.2. The number of benzene rings is 1. The first-order valence-electron chi connectivity index (χ1n) is 8.76. The normalized spacial score (nSPS) is 25.1. The maximum atomic E-state index is 11.2. The van der Waals surface area contributed by atoms with Gasteiger partial charge in [0, 0.05) is 0 Å². The van der Waals surface area contributed by atoms with Crippen molar-refractivity contribution in [2.45, 2.75) is 77.6 Å². The molecule has 3 heteroatoms. The van der Waals surface area contributed by atoms with Crippen LogP contribution in [-0.2, 0) is 10.2 Å². The van der Waals surface area contributed by atoms with Crippen molar-refractivity contribution in [2.75, 3.05) is 0 Å². The van der Waals surface area contributed by atoms with Crippen LogP contribution in [0.2, 0.25) is 0 Å². The van der Waals surface area contributed by atoms with E-state index in [1.807, 2.05) is 0 Å². The monoisotopic (exact) mass is 318 g/mol. The molecule has 0 atom stereocenters. The fourth-order valence-corrected chi connectivity index (χ4v) is 3.70. The van der Waals surface area contributed by atoms with Crippen molar-refractivity contribution >= 4 is 5.97 Å². The highest BCUT2D eigenvalue weighted by atomic mass is 16.4. The van der Waals surface area contributed by atoms with Gasteiger partial charge in [0.25, 0.3) is 0 Å². The predicted molar refractivity (Wildman–Crippen MR) is 93.2 cm³/mol. The summed E-state index contributed by atoms with van der Waals surface area (Å²) in [5, 5.41) is 19.8. The fourth-order valence-electron chi connectivity index (χ4n) is 3.70. The number of carboxylic acid groups (broad SMARTS) is 1. The van der Waals surface area contributed by atoms with Gasteiger partial charge in [0.15, 0.2) is 0 Å². The van der Waals surface area contributed by atoms with E-state index in [0.717, 1.165) is 36.8 Å². The molecule has 2 rings (SSSR count). The minimum absolute atomic E-state index is 0.00687. The third kappa shape index (κ3) is 3.54. The second-order valence-electron chi connectivity index (χ2n) is 7.99. The summed E-state index contributed by atoms with van der Waals surface area (Å²) >= 11 is 0. The molecule has 0 aromatic heterocycles. The van der Waals surface area contributed by atoms with Crippen molar-refractivity contribution in [1.82, 2.24) is 0 Å². The topological polar surface area (TPSA) is 57.5 Å². The van der Waals surface area contributed by atoms with Crippen LogP contribution in [0.4, 0.5) is 0 Å². The molecule has 1 aliphatic carbocycles. The lowest BCUT2D eigenvalue weighted by atomic mass is 9.67. The summed E-state index contributed by atoms with van der Waals surface area (Å²) in [7, 11) is 0. The van der Waals surface area contributed by atoms with Crippen molar-refractivity contribution in [3.05, 3.63) is 28.8 Å². The Labute approximate surface area is 139 Å². The molecule has 0 saturated heterocycles. The maximum Gasteiger partial charge on any atom is 0.306 e. The Bertz CT molecular complexity index is 550. The average molecular weight is 318 g/mol. The summed E-state index contributed by atoms with van der Waals surface area (Å²) < 4.78 is 0. The maximum absolute atomic E-state index is 11.2. The number of rotatable bonds is 4. The van der Waals surface area contributed by atoms with Crippen LogP contribution >= 0.6 is 0 Å². The van der Waals surface area contributed by atoms with Crippen molar-refractivity contribution < 1.29 is 15.0 Å². The smallest absolute Gasteiger partial charge is 0.306 e. The first-order chi connectivity index (χ1) is 10.7. The molecule has 23 heavy (non-hydrogen) atoms. The number of aliphatic carboxylic acids is 1. The predicted octanol–water partition coefficient (Wildman–Crippen LogP) is 5.17. The minimum atomic E-state index is -0.663. The van der Waals surface area contributed by atoms with E-state index in [4.69, 9.17) is 0 Å². The van der Waals surface area contributed by atoms with E-state index in [0.29, 0.717) is 5.75 Å². The van der Waals surface area contributed by atoms with E-state index in [9.17, 15) is 15.0 Å². The van der Waals surface area contributed by atoms with Gasteiger partial charge in [0.05, 0.1) is 5.92 Å². The number of carboxylic acids is 1. The van der Waals surface area contributed by atoms with Crippen LogP contribution in [0, 0.1) is 5.92 Å². The summed E-state index contributed by atoms with van der Waals surface area (Å²) in [6.45, 7) is 10.7. The Hall–Kier alpha value is -1.51. The lowest BCUT2D eigenvalue weighted by molar-refractivity contribution is -0.143. The number of carbonyl (C=O) groups is 1. The Morgan fingerprint density at radius 2 is 1.52 bits per heavy atom. The summed E-state index contributed by atoms with van der Waals surface area (Å²) in [6.07, 6.45) is 3.26. The summed E-state index contributed by atoms with van der Waals surface area (Å²) in [6, 6.07) is 4.29. The van der Waals surface area contributed by atoms with Gasteiger partial charge in [-0.2, -0.15) is 0 Å². The standard InChI is InChI=1S/C20H30O3/c1-12(2)16-10-15(11-17(13(3)4)18(16)21)20(5)8-6-14(7-9-20)19(22)23/h10-14,21H,6-9H2,1-5H3,(H,22,23). The first-order valence-corrected chi connectivity index (χ1v) is 8.76. The third-order valence-electron chi connectivity index (χ3n) is 5.55. The molecule has 1 fully saturated rings. The molecule has 1 aromatic carbocycles. The van der Waals surface area contributed by atoms with Gasteiger partial charge < -0.3 is 10.2 Å². The highest BCUT2D eigenvalue weighted by Crippen LogP contribution is 2.45. The first kappa shape index (κ1) is 17.8. The van der Waals surface area contributed by atoms with Crippen LogP contribution in [-0.4, -0.2) is 16.2 Å². The zero-order valence-electron chi connectivity index (χ0n) is 15.0. The second-order valence-corrected chi connectivity index (χ2v) is 7.99. The fraction of sp³-hybridized carbons (Fsp3) is 0.650. The van der Waals surface area contributed by atoms with Crippen molar-refractivity contribution in [1.29, 1.82) is 0 Å². The number of phenolic OH excluding ortho intramolecular Hbond substituents is 1. The highest BCUT2D eigenvalue weighted by Gasteiger charge is 2.36. The lowest BCUT2D eigenvalue weighted by Crippen LogP contribution is -2.31. The zero-order chi connectivity index (χ0) is 17.4. The van der Waals surface area contributed by atoms with E-state index >= 15 is 0 Å². The van der Waals surface area contributed by atoms with Crippen molar-refractivity contribution in [2.24, 2.45) is 5.92 Å². The highest BCUT2D eigenvalue weighted by molar-refractivity contribution is 5.70. The van der Waals surface area contributed by atoms with Gasteiger partial charge in [-0.05, 0) is 59.6 Å². The van der Waals surface area contributed by atoms with E-state index in [-0.39, 0.29) is 23.2 Å². The number of hydrogen-bond donors (Lipinski definition) is 2. The average Bonchev–Trinajstić information content (AvgIpc) is 2.47. The zero-order valence-corrected chi connectivity index (χ0v) is 15.0. The molecule has 0 spiro atoms. The van der Waals surface area contributed by atoms with Gasteiger partial charge in [0.2, 0.25) is 0 Å². The van der Waals surface area contributed by atoms with Crippen molar-refractivity contribution in [3.8, 4) is 5.75 Å². The molecule has 0 unspecified atom stereocenters. The Kier molecular flexibility index (Phi) is 5.07. The SMILES string of the molecule is CC(C)c1cc(C2(C)CCC(C(=O)O)CC2)cc(C(C)C)c1O. The Morgan fingerprint density at radius 1 is 1.09 bits per heavy atom. The molecule has 0 aliphatic heterocycles. The van der Waals surface area contributed by atoms with Crippen molar-refractivity contribution in [3.63, 3.8) is 0 Å². The number of phenols is 1. The molecule has 0 bridgehead atoms. The van der Waals surface area contributed by atoms with Gasteiger partial charge in [-0.25, -0.2) is 0 Å². The minimum Gasteiger partial charge on any atom is -0.507 e. The van der Waals surface area contributed by atoms with Gasteiger partial charge in [-0.3, -0.25) is 4.79 Å². The summed E-state index contributed by atoms with van der Waals surface area (Å²) in [5.74, 6) is 0.109. The van der Waals surface area contributed by atoms with Crippen LogP contribution < -0.4 is 0 Å². The molecular weight excluding hydrogens is 288 g/mol. The largest absolute Gasteiger partial charge is 0.507 e. The van der Waals surface area contributed by atoms with Crippen LogP contribution in [0.1, 0.15) is 88.8 Å². The Balaban J connectivity index is 2.41. The van der Waals surface area contributed by atoms with E-state index in [2.05, 4.69) is 46.8 Å². The molecule has 0 heterocycles. The number of hydrogen-bond acceptors (Lipinski definition) is 2. The molecule has 1 aliphatic rings. The van der Waals surface area contributed by atoms with E-state index in [1.165, 1.54) is 5.56 Å². The van der Waals surface area contributed by atoms with Gasteiger partial charge >= 0.3 is 5.97 Å². The lowest BCUT2D eigenvalue weighted by Gasteiger charge is -2.37. The quantitative estimate of drug-likeness (QED) is 0.805. The van der Waals surface area contributed by atoms with Crippen LogP contribution in [0.15, 0.2) is 12.1 Å². The number of aromatic hydroxyl groups is 1. The third-order valence-corrected chi connectivity index (χ3v) is 5.55. The molecule has 1 saturated carbocycles. The van der Waals surface area contributed by atoms with Gasteiger partial charge in [-0.1, -0.05) is 46.8 Å². The molecule has 1 aromatic rings. The summed E-state index contributed by atoms with van der Waals surface area (Å²) in [5.41, 5.74) is 3.28. The van der Waals surface area contributed by atoms with Crippen LogP contribution in [0.3, 0.4) is 0 Å². The van der Waals surface area contributed by atoms with Crippen LogP contribution in [0.5, 0.6) is 5.75 Å². The Morgan fingerprint density at radius 3 is 1.87 bits per heavy atom. The van der Waals surface area contributed by atoms with E-state index < -0.39 is 5.97 Å².